The molecule has 4 rings (SSSR count). The van der Waals surface area contributed by atoms with Gasteiger partial charge in [0, 0.05) is 23.5 Å². The first-order valence-electron chi connectivity index (χ1n) is 11.3. The van der Waals surface area contributed by atoms with E-state index in [1.54, 1.807) is 17.6 Å². The minimum atomic E-state index is -0.267. The Labute approximate surface area is 188 Å². The van der Waals surface area contributed by atoms with Gasteiger partial charge in [-0.1, -0.05) is 37.6 Å². The number of nitrogens with zero attached hydrogens (tertiary/aromatic N) is 1. The van der Waals surface area contributed by atoms with Gasteiger partial charge in [-0.15, -0.1) is 0 Å². The molecule has 166 valence electrons. The molecule has 1 N–H and O–H groups in total. The lowest BCUT2D eigenvalue weighted by atomic mass is 9.79. The molecule has 1 saturated carbocycles. The van der Waals surface area contributed by atoms with Crippen molar-refractivity contribution in [3.05, 3.63) is 98.2 Å². The van der Waals surface area contributed by atoms with Crippen molar-refractivity contribution in [3.63, 3.8) is 0 Å². The van der Waals surface area contributed by atoms with Gasteiger partial charge in [0.25, 0.3) is 11.5 Å². The SMILES string of the molecule is CCc1c(C)c(C(=O)NCc2cc(F)cc(C3CCC3)c2)c(C)n(-c2ccccc2)c1=O. The Hall–Kier alpha value is -3.21. The lowest BCUT2D eigenvalue weighted by molar-refractivity contribution is 0.0948. The fraction of sp³-hybridized carbons (Fsp3) is 0.333. The number of pyridine rings is 1. The molecule has 5 heteroatoms. The number of aromatic nitrogens is 1. The number of benzene rings is 2. The van der Waals surface area contributed by atoms with Crippen molar-refractivity contribution in [2.24, 2.45) is 0 Å². The van der Waals surface area contributed by atoms with E-state index in [-0.39, 0.29) is 23.8 Å². The molecule has 1 amide bonds. The van der Waals surface area contributed by atoms with Gasteiger partial charge < -0.3 is 5.32 Å². The highest BCUT2D eigenvalue weighted by Gasteiger charge is 2.23. The Morgan fingerprint density at radius 2 is 1.84 bits per heavy atom. The lowest BCUT2D eigenvalue weighted by Gasteiger charge is -2.26. The molecule has 1 aliphatic carbocycles. The minimum absolute atomic E-state index is 0.0967. The fourth-order valence-electron chi connectivity index (χ4n) is 4.65. The zero-order valence-electron chi connectivity index (χ0n) is 18.9. The van der Waals surface area contributed by atoms with Gasteiger partial charge in [0.15, 0.2) is 0 Å². The smallest absolute Gasteiger partial charge is 0.258 e. The van der Waals surface area contributed by atoms with E-state index in [1.807, 2.05) is 50.2 Å². The maximum absolute atomic E-state index is 14.2. The molecule has 0 saturated heterocycles. The molecule has 1 fully saturated rings. The van der Waals surface area contributed by atoms with Crippen molar-refractivity contribution in [3.8, 4) is 5.69 Å². The maximum atomic E-state index is 14.2. The van der Waals surface area contributed by atoms with E-state index in [1.165, 1.54) is 12.5 Å². The Bertz CT molecular complexity index is 1210. The second kappa shape index (κ2) is 9.11. The van der Waals surface area contributed by atoms with E-state index in [9.17, 15) is 14.0 Å². The van der Waals surface area contributed by atoms with Crippen molar-refractivity contribution in [2.45, 2.75) is 58.9 Å². The van der Waals surface area contributed by atoms with Crippen molar-refractivity contribution in [1.82, 2.24) is 9.88 Å². The standard InChI is InChI=1S/C27H29FN2O2/c1-4-24-17(2)25(18(3)30(27(24)32)23-11-6-5-7-12-23)26(31)29-16-19-13-21(15-22(28)14-19)20-9-8-10-20/h5-7,11-15,20H,4,8-10,16H2,1-3H3,(H,29,31). The lowest BCUT2D eigenvalue weighted by Crippen LogP contribution is -2.32. The average molecular weight is 433 g/mol. The van der Waals surface area contributed by atoms with Crippen molar-refractivity contribution in [1.29, 1.82) is 0 Å². The zero-order chi connectivity index (χ0) is 22.8. The second-order valence-corrected chi connectivity index (χ2v) is 8.60. The van der Waals surface area contributed by atoms with Gasteiger partial charge in [0.1, 0.15) is 5.82 Å². The first kappa shape index (κ1) is 22.0. The average Bonchev–Trinajstić information content (AvgIpc) is 2.72. The summed E-state index contributed by atoms with van der Waals surface area (Å²) in [6.45, 7) is 5.78. The molecule has 3 aromatic rings. The predicted octanol–water partition coefficient (Wildman–Crippen LogP) is 5.35. The number of para-hydroxylation sites is 1. The normalized spacial score (nSPS) is 13.6. The first-order chi connectivity index (χ1) is 15.4. The molecular formula is C27H29FN2O2. The van der Waals surface area contributed by atoms with Gasteiger partial charge in [0.2, 0.25) is 0 Å². The van der Waals surface area contributed by atoms with Gasteiger partial charge >= 0.3 is 0 Å². The number of carbonyl (C=O) groups excluding carboxylic acids is 1. The molecule has 0 atom stereocenters. The van der Waals surface area contributed by atoms with Crippen molar-refractivity contribution < 1.29 is 9.18 Å². The molecular weight excluding hydrogens is 403 g/mol. The molecule has 1 heterocycles. The van der Waals surface area contributed by atoms with Crippen LogP contribution in [0.4, 0.5) is 4.39 Å². The van der Waals surface area contributed by atoms with Crippen LogP contribution in [-0.2, 0) is 13.0 Å². The molecule has 1 aromatic heterocycles. The monoisotopic (exact) mass is 432 g/mol. The summed E-state index contributed by atoms with van der Waals surface area (Å²) in [7, 11) is 0. The van der Waals surface area contributed by atoms with Crippen LogP contribution in [0.2, 0.25) is 0 Å². The molecule has 2 aromatic carbocycles. The Morgan fingerprint density at radius 3 is 2.47 bits per heavy atom. The Morgan fingerprint density at radius 1 is 1.12 bits per heavy atom. The minimum Gasteiger partial charge on any atom is -0.348 e. The topological polar surface area (TPSA) is 51.1 Å². The summed E-state index contributed by atoms with van der Waals surface area (Å²) in [5, 5.41) is 2.95. The highest BCUT2D eigenvalue weighted by molar-refractivity contribution is 5.97. The summed E-state index contributed by atoms with van der Waals surface area (Å²) in [4.78, 5) is 26.4. The van der Waals surface area contributed by atoms with Crippen LogP contribution < -0.4 is 10.9 Å². The quantitative estimate of drug-likeness (QED) is 0.571. The largest absolute Gasteiger partial charge is 0.348 e. The van der Waals surface area contributed by atoms with Crippen molar-refractivity contribution >= 4 is 5.91 Å². The number of rotatable bonds is 6. The van der Waals surface area contributed by atoms with Crippen LogP contribution in [0.1, 0.15) is 70.4 Å². The van der Waals surface area contributed by atoms with Crippen LogP contribution in [0, 0.1) is 19.7 Å². The number of carbonyl (C=O) groups is 1. The predicted molar refractivity (Wildman–Crippen MR) is 125 cm³/mol. The highest BCUT2D eigenvalue weighted by atomic mass is 19.1. The summed E-state index contributed by atoms with van der Waals surface area (Å²) >= 11 is 0. The zero-order valence-corrected chi connectivity index (χ0v) is 18.9. The van der Waals surface area contributed by atoms with Crippen LogP contribution in [0.25, 0.3) is 5.69 Å². The Kier molecular flexibility index (Phi) is 6.26. The Balaban J connectivity index is 1.67. The summed E-state index contributed by atoms with van der Waals surface area (Å²) < 4.78 is 15.8. The van der Waals surface area contributed by atoms with Crippen LogP contribution >= 0.6 is 0 Å². The number of halogens is 1. The van der Waals surface area contributed by atoms with Gasteiger partial charge in [-0.3, -0.25) is 14.2 Å². The van der Waals surface area contributed by atoms with E-state index < -0.39 is 0 Å². The van der Waals surface area contributed by atoms with Gasteiger partial charge in [-0.05, 0) is 80.0 Å². The molecule has 0 aliphatic heterocycles. The molecule has 0 bridgehead atoms. The number of amides is 1. The van der Waals surface area contributed by atoms with Crippen molar-refractivity contribution in [2.75, 3.05) is 0 Å². The van der Waals surface area contributed by atoms with Gasteiger partial charge in [-0.2, -0.15) is 0 Å². The van der Waals surface area contributed by atoms with E-state index in [2.05, 4.69) is 5.32 Å². The van der Waals surface area contributed by atoms with Crippen LogP contribution in [0.3, 0.4) is 0 Å². The fourth-order valence-corrected chi connectivity index (χ4v) is 4.65. The molecule has 0 unspecified atom stereocenters. The van der Waals surface area contributed by atoms with E-state index in [0.29, 0.717) is 34.7 Å². The van der Waals surface area contributed by atoms with Crippen LogP contribution in [-0.4, -0.2) is 10.5 Å². The highest BCUT2D eigenvalue weighted by Crippen LogP contribution is 2.36. The van der Waals surface area contributed by atoms with Crippen LogP contribution in [0.5, 0.6) is 0 Å². The number of nitrogens with one attached hydrogen (secondary N) is 1. The first-order valence-corrected chi connectivity index (χ1v) is 11.3. The third kappa shape index (κ3) is 4.12. The van der Waals surface area contributed by atoms with Crippen LogP contribution in [0.15, 0.2) is 53.3 Å². The second-order valence-electron chi connectivity index (χ2n) is 8.60. The maximum Gasteiger partial charge on any atom is 0.258 e. The summed E-state index contributed by atoms with van der Waals surface area (Å²) in [6, 6.07) is 14.4. The molecule has 0 spiro atoms. The molecule has 32 heavy (non-hydrogen) atoms. The van der Waals surface area contributed by atoms with E-state index in [0.717, 1.165) is 29.7 Å². The molecule has 4 nitrogen and oxygen atoms in total. The summed E-state index contributed by atoms with van der Waals surface area (Å²) in [5.41, 5.74) is 4.83. The third-order valence-corrected chi connectivity index (χ3v) is 6.59. The molecule has 0 radical (unpaired) electrons. The number of hydrogen-bond donors (Lipinski definition) is 1. The summed E-state index contributed by atoms with van der Waals surface area (Å²) in [5.74, 6) is -0.100. The van der Waals surface area contributed by atoms with E-state index >= 15 is 0 Å². The summed E-state index contributed by atoms with van der Waals surface area (Å²) in [6.07, 6.45) is 3.90. The third-order valence-electron chi connectivity index (χ3n) is 6.59. The van der Waals surface area contributed by atoms with E-state index in [4.69, 9.17) is 0 Å². The van der Waals surface area contributed by atoms with Gasteiger partial charge in [0.05, 0.1) is 5.56 Å². The molecule has 1 aliphatic rings. The van der Waals surface area contributed by atoms with Gasteiger partial charge in [-0.25, -0.2) is 4.39 Å². The number of hydrogen-bond acceptors (Lipinski definition) is 2.